The standard InChI is InChI=1S/C20H23NO4/c1-3-24-20(22)21-18-13-25-19-10-9-15(23-2)12-17(19)16(18)11-14-7-5-4-6-8-14/h4-10,12,16,18H,3,11,13H2,1-2H3,(H,21,22). The van der Waals surface area contributed by atoms with E-state index in [4.69, 9.17) is 14.2 Å². The number of methoxy groups -OCH3 is 1. The monoisotopic (exact) mass is 341 g/mol. The highest BCUT2D eigenvalue weighted by Crippen LogP contribution is 2.38. The molecule has 25 heavy (non-hydrogen) atoms. The summed E-state index contributed by atoms with van der Waals surface area (Å²) in [5.74, 6) is 1.69. The minimum Gasteiger partial charge on any atom is -0.497 e. The lowest BCUT2D eigenvalue weighted by atomic mass is 9.84. The Balaban J connectivity index is 1.91. The zero-order chi connectivity index (χ0) is 17.6. The van der Waals surface area contributed by atoms with E-state index in [0.717, 1.165) is 23.5 Å². The zero-order valence-corrected chi connectivity index (χ0v) is 14.5. The van der Waals surface area contributed by atoms with Gasteiger partial charge in [-0.05, 0) is 37.1 Å². The molecule has 1 N–H and O–H groups in total. The number of amides is 1. The normalized spacial score (nSPS) is 18.6. The lowest BCUT2D eigenvalue weighted by Crippen LogP contribution is -2.46. The first-order chi connectivity index (χ1) is 12.2. The number of hydrogen-bond donors (Lipinski definition) is 1. The maximum Gasteiger partial charge on any atom is 0.407 e. The van der Waals surface area contributed by atoms with E-state index in [1.807, 2.05) is 36.4 Å². The fourth-order valence-electron chi connectivity index (χ4n) is 3.17. The summed E-state index contributed by atoms with van der Waals surface area (Å²) >= 11 is 0. The molecule has 132 valence electrons. The van der Waals surface area contributed by atoms with Crippen LogP contribution in [0.4, 0.5) is 4.79 Å². The van der Waals surface area contributed by atoms with Gasteiger partial charge in [0.25, 0.3) is 0 Å². The van der Waals surface area contributed by atoms with Crippen molar-refractivity contribution in [3.8, 4) is 11.5 Å². The summed E-state index contributed by atoms with van der Waals surface area (Å²) in [5.41, 5.74) is 2.25. The van der Waals surface area contributed by atoms with E-state index >= 15 is 0 Å². The molecule has 5 heteroatoms. The Kier molecular flexibility index (Phi) is 5.43. The van der Waals surface area contributed by atoms with Gasteiger partial charge in [-0.2, -0.15) is 0 Å². The highest BCUT2D eigenvalue weighted by Gasteiger charge is 2.33. The summed E-state index contributed by atoms with van der Waals surface area (Å²) in [4.78, 5) is 11.9. The van der Waals surface area contributed by atoms with Crippen molar-refractivity contribution in [1.82, 2.24) is 5.32 Å². The largest absolute Gasteiger partial charge is 0.497 e. The van der Waals surface area contributed by atoms with Crippen molar-refractivity contribution in [2.75, 3.05) is 20.3 Å². The first-order valence-corrected chi connectivity index (χ1v) is 8.49. The average Bonchev–Trinajstić information content (AvgIpc) is 2.64. The SMILES string of the molecule is CCOC(=O)NC1COc2ccc(OC)cc2C1Cc1ccccc1. The number of benzene rings is 2. The van der Waals surface area contributed by atoms with E-state index in [0.29, 0.717) is 13.2 Å². The average molecular weight is 341 g/mol. The second kappa shape index (κ2) is 7.92. The fourth-order valence-corrected chi connectivity index (χ4v) is 3.17. The number of ether oxygens (including phenoxy) is 3. The maximum absolute atomic E-state index is 11.9. The Labute approximate surface area is 147 Å². The van der Waals surface area contributed by atoms with Gasteiger partial charge in [0.05, 0.1) is 19.8 Å². The summed E-state index contributed by atoms with van der Waals surface area (Å²) in [5, 5.41) is 2.94. The van der Waals surface area contributed by atoms with Crippen LogP contribution in [0.25, 0.3) is 0 Å². The van der Waals surface area contributed by atoms with Gasteiger partial charge in [-0.25, -0.2) is 4.79 Å². The third kappa shape index (κ3) is 4.05. The number of rotatable bonds is 5. The van der Waals surface area contributed by atoms with Crippen LogP contribution in [0.3, 0.4) is 0 Å². The van der Waals surface area contributed by atoms with E-state index in [-0.39, 0.29) is 12.0 Å². The molecule has 2 aromatic rings. The number of carbonyl (C=O) groups excluding carboxylic acids is 1. The van der Waals surface area contributed by atoms with Crippen molar-refractivity contribution in [3.05, 3.63) is 59.7 Å². The molecule has 2 atom stereocenters. The van der Waals surface area contributed by atoms with Gasteiger partial charge in [0, 0.05) is 11.5 Å². The molecule has 1 aliphatic heterocycles. The number of fused-ring (bicyclic) bond motifs is 1. The highest BCUT2D eigenvalue weighted by molar-refractivity contribution is 5.68. The number of carbonyl (C=O) groups is 1. The second-order valence-corrected chi connectivity index (χ2v) is 5.98. The molecule has 1 heterocycles. The van der Waals surface area contributed by atoms with Gasteiger partial charge < -0.3 is 19.5 Å². The van der Waals surface area contributed by atoms with Crippen LogP contribution in [0, 0.1) is 0 Å². The number of alkyl carbamates (subject to hydrolysis) is 1. The summed E-state index contributed by atoms with van der Waals surface area (Å²) in [6.45, 7) is 2.54. The van der Waals surface area contributed by atoms with Crippen molar-refractivity contribution in [3.63, 3.8) is 0 Å². The molecule has 0 saturated carbocycles. The quantitative estimate of drug-likeness (QED) is 0.904. The van der Waals surface area contributed by atoms with Gasteiger partial charge in [-0.15, -0.1) is 0 Å². The molecule has 0 bridgehead atoms. The van der Waals surface area contributed by atoms with Gasteiger partial charge >= 0.3 is 6.09 Å². The fraction of sp³-hybridized carbons (Fsp3) is 0.350. The summed E-state index contributed by atoms with van der Waals surface area (Å²) in [6.07, 6.45) is 0.377. The van der Waals surface area contributed by atoms with Crippen LogP contribution in [0.1, 0.15) is 24.0 Å². The van der Waals surface area contributed by atoms with Gasteiger partial charge in [0.15, 0.2) is 0 Å². The number of nitrogens with one attached hydrogen (secondary N) is 1. The third-order valence-electron chi connectivity index (χ3n) is 4.40. The highest BCUT2D eigenvalue weighted by atomic mass is 16.5. The second-order valence-electron chi connectivity index (χ2n) is 5.98. The first-order valence-electron chi connectivity index (χ1n) is 8.49. The van der Waals surface area contributed by atoms with Crippen molar-refractivity contribution < 1.29 is 19.0 Å². The topological polar surface area (TPSA) is 56.8 Å². The van der Waals surface area contributed by atoms with Crippen LogP contribution in [-0.4, -0.2) is 32.5 Å². The van der Waals surface area contributed by atoms with Gasteiger partial charge in [-0.1, -0.05) is 30.3 Å². The first kappa shape index (κ1) is 17.1. The molecular weight excluding hydrogens is 318 g/mol. The van der Waals surface area contributed by atoms with Crippen LogP contribution in [0.2, 0.25) is 0 Å². The van der Waals surface area contributed by atoms with Gasteiger partial charge in [0.1, 0.15) is 18.1 Å². The molecule has 3 rings (SSSR count). The predicted octanol–water partition coefficient (Wildman–Crippen LogP) is 3.53. The summed E-state index contributed by atoms with van der Waals surface area (Å²) in [7, 11) is 1.64. The zero-order valence-electron chi connectivity index (χ0n) is 14.5. The van der Waals surface area contributed by atoms with Crippen molar-refractivity contribution >= 4 is 6.09 Å². The molecule has 1 amide bonds. The van der Waals surface area contributed by atoms with E-state index < -0.39 is 6.09 Å². The molecule has 2 unspecified atom stereocenters. The van der Waals surface area contributed by atoms with Crippen LogP contribution in [0.15, 0.2) is 48.5 Å². The molecule has 0 aliphatic carbocycles. The lowest BCUT2D eigenvalue weighted by molar-refractivity contribution is 0.135. The van der Waals surface area contributed by atoms with Crippen LogP contribution < -0.4 is 14.8 Å². The molecule has 0 aromatic heterocycles. The van der Waals surface area contributed by atoms with Crippen LogP contribution >= 0.6 is 0 Å². The van der Waals surface area contributed by atoms with Crippen molar-refractivity contribution in [2.45, 2.75) is 25.3 Å². The minimum atomic E-state index is -0.416. The van der Waals surface area contributed by atoms with Crippen LogP contribution in [0.5, 0.6) is 11.5 Å². The smallest absolute Gasteiger partial charge is 0.407 e. The van der Waals surface area contributed by atoms with E-state index in [2.05, 4.69) is 17.4 Å². The van der Waals surface area contributed by atoms with E-state index in [1.165, 1.54) is 5.56 Å². The molecule has 0 fully saturated rings. The Morgan fingerprint density at radius 1 is 1.24 bits per heavy atom. The molecule has 0 radical (unpaired) electrons. The Morgan fingerprint density at radius 2 is 2.04 bits per heavy atom. The summed E-state index contributed by atoms with van der Waals surface area (Å²) < 4.78 is 16.3. The molecule has 5 nitrogen and oxygen atoms in total. The Morgan fingerprint density at radius 3 is 2.76 bits per heavy atom. The molecule has 0 spiro atoms. The lowest BCUT2D eigenvalue weighted by Gasteiger charge is -2.34. The molecular formula is C20H23NO4. The Hall–Kier alpha value is -2.69. The van der Waals surface area contributed by atoms with Crippen molar-refractivity contribution in [1.29, 1.82) is 0 Å². The molecule has 0 saturated heterocycles. The van der Waals surface area contributed by atoms with Gasteiger partial charge in [0.2, 0.25) is 0 Å². The van der Waals surface area contributed by atoms with Crippen LogP contribution in [-0.2, 0) is 11.2 Å². The Bertz CT molecular complexity index is 717. The maximum atomic E-state index is 11.9. The third-order valence-corrected chi connectivity index (χ3v) is 4.40. The van der Waals surface area contributed by atoms with Gasteiger partial charge in [-0.3, -0.25) is 0 Å². The number of hydrogen-bond acceptors (Lipinski definition) is 4. The molecule has 1 aliphatic rings. The predicted molar refractivity (Wildman–Crippen MR) is 95.3 cm³/mol. The minimum absolute atomic E-state index is 0.0747. The molecule has 2 aromatic carbocycles. The van der Waals surface area contributed by atoms with E-state index in [9.17, 15) is 4.79 Å². The van der Waals surface area contributed by atoms with Crippen molar-refractivity contribution in [2.24, 2.45) is 0 Å². The van der Waals surface area contributed by atoms with E-state index in [1.54, 1.807) is 14.0 Å². The summed E-state index contributed by atoms with van der Waals surface area (Å²) in [6, 6.07) is 15.9.